The average molecular weight is 375 g/mol. The predicted molar refractivity (Wildman–Crippen MR) is 74.0 cm³/mol. The van der Waals surface area contributed by atoms with Crippen molar-refractivity contribution in [2.24, 2.45) is 0 Å². The number of halogens is 3. The Balaban J connectivity index is 3.00. The lowest BCUT2D eigenvalue weighted by molar-refractivity contribution is 0.0493. The molecule has 1 unspecified atom stereocenters. The second-order valence-electron chi connectivity index (χ2n) is 3.21. The van der Waals surface area contributed by atoms with Crippen LogP contribution in [0.4, 0.5) is 0 Å². The summed E-state index contributed by atoms with van der Waals surface area (Å²) in [6.45, 7) is 4.65. The molecule has 1 atom stereocenters. The highest BCUT2D eigenvalue weighted by Gasteiger charge is 2.17. The van der Waals surface area contributed by atoms with Crippen molar-refractivity contribution in [1.29, 1.82) is 0 Å². The third-order valence-corrected chi connectivity index (χ3v) is 4.20. The summed E-state index contributed by atoms with van der Waals surface area (Å²) in [6.07, 6.45) is 1.73. The molecule has 0 spiro atoms. The van der Waals surface area contributed by atoms with Gasteiger partial charge in [0, 0.05) is 6.61 Å². The lowest BCUT2D eigenvalue weighted by Crippen LogP contribution is -2.09. The van der Waals surface area contributed by atoms with Crippen LogP contribution >= 0.6 is 45.8 Å². The van der Waals surface area contributed by atoms with Gasteiger partial charge < -0.3 is 4.74 Å². The Morgan fingerprint density at radius 2 is 1.81 bits per heavy atom. The van der Waals surface area contributed by atoms with Gasteiger partial charge in [0.05, 0.1) is 3.57 Å². The van der Waals surface area contributed by atoms with Gasteiger partial charge in [0.25, 0.3) is 0 Å². The second-order valence-corrected chi connectivity index (χ2v) is 5.00. The molecule has 0 fully saturated rings. The van der Waals surface area contributed by atoms with Gasteiger partial charge in [-0.05, 0) is 35.9 Å². The molecular formula is C10H13Cl2IN2O. The Kier molecular flexibility index (Phi) is 6.25. The summed E-state index contributed by atoms with van der Waals surface area (Å²) in [6, 6.07) is 0. The topological polar surface area (TPSA) is 35.0 Å². The van der Waals surface area contributed by atoms with Crippen LogP contribution in [0.2, 0.25) is 10.3 Å². The van der Waals surface area contributed by atoms with Crippen molar-refractivity contribution in [3.63, 3.8) is 0 Å². The zero-order valence-electron chi connectivity index (χ0n) is 9.14. The molecule has 0 saturated heterocycles. The van der Waals surface area contributed by atoms with Gasteiger partial charge in [-0.25, -0.2) is 9.97 Å². The first-order valence-corrected chi connectivity index (χ1v) is 6.93. The molecule has 1 aromatic heterocycles. The number of ether oxygens (including phenoxy) is 1. The van der Waals surface area contributed by atoms with Gasteiger partial charge in [-0.15, -0.1) is 0 Å². The van der Waals surface area contributed by atoms with Crippen LogP contribution in [0.25, 0.3) is 0 Å². The van der Waals surface area contributed by atoms with Gasteiger partial charge in [-0.3, -0.25) is 0 Å². The molecule has 0 bridgehead atoms. The molecule has 0 N–H and O–H groups in total. The normalized spacial score (nSPS) is 12.8. The van der Waals surface area contributed by atoms with E-state index in [1.165, 1.54) is 0 Å². The highest BCUT2D eigenvalue weighted by atomic mass is 127. The molecule has 0 aliphatic heterocycles. The zero-order chi connectivity index (χ0) is 12.1. The second kappa shape index (κ2) is 6.93. The third kappa shape index (κ3) is 3.68. The van der Waals surface area contributed by atoms with Crippen LogP contribution in [0.3, 0.4) is 0 Å². The summed E-state index contributed by atoms with van der Waals surface area (Å²) >= 11 is 14.0. The summed E-state index contributed by atoms with van der Waals surface area (Å²) in [5.74, 6) is 0.569. The standard InChI is InChI=1S/C10H13Cl2IN2O/c1-3-5-6(16-4-2)10-14-8(11)7(13)9(12)15-10/h6H,3-5H2,1-2H3. The molecule has 0 aromatic carbocycles. The molecule has 6 heteroatoms. The van der Waals surface area contributed by atoms with E-state index in [9.17, 15) is 0 Å². The number of aromatic nitrogens is 2. The lowest BCUT2D eigenvalue weighted by atomic mass is 10.2. The van der Waals surface area contributed by atoms with Crippen molar-refractivity contribution in [2.45, 2.75) is 32.8 Å². The van der Waals surface area contributed by atoms with Crippen molar-refractivity contribution < 1.29 is 4.74 Å². The Bertz CT molecular complexity index is 334. The van der Waals surface area contributed by atoms with Crippen LogP contribution in [0.15, 0.2) is 0 Å². The van der Waals surface area contributed by atoms with Gasteiger partial charge in [0.1, 0.15) is 16.4 Å². The number of hydrogen-bond acceptors (Lipinski definition) is 3. The Labute approximate surface area is 119 Å². The van der Waals surface area contributed by atoms with Gasteiger partial charge in [0.15, 0.2) is 5.82 Å². The smallest absolute Gasteiger partial charge is 0.160 e. The minimum absolute atomic E-state index is 0.123. The van der Waals surface area contributed by atoms with Crippen LogP contribution in [0.5, 0.6) is 0 Å². The van der Waals surface area contributed by atoms with Crippen molar-refractivity contribution in [3.8, 4) is 0 Å². The van der Waals surface area contributed by atoms with Crippen LogP contribution in [0, 0.1) is 3.57 Å². The van der Waals surface area contributed by atoms with Gasteiger partial charge >= 0.3 is 0 Å². The molecule has 1 aromatic rings. The molecule has 0 aliphatic carbocycles. The van der Waals surface area contributed by atoms with Crippen LogP contribution < -0.4 is 0 Å². The Hall–Kier alpha value is 0.350. The first-order valence-electron chi connectivity index (χ1n) is 5.10. The largest absolute Gasteiger partial charge is 0.371 e. The molecule has 0 amide bonds. The van der Waals surface area contributed by atoms with Crippen molar-refractivity contribution >= 4 is 45.8 Å². The first-order chi connectivity index (χ1) is 7.60. The lowest BCUT2D eigenvalue weighted by Gasteiger charge is -2.15. The maximum absolute atomic E-state index is 5.96. The fourth-order valence-corrected chi connectivity index (χ4v) is 1.95. The van der Waals surface area contributed by atoms with E-state index in [-0.39, 0.29) is 6.10 Å². The fourth-order valence-electron chi connectivity index (χ4n) is 1.30. The maximum Gasteiger partial charge on any atom is 0.160 e. The van der Waals surface area contributed by atoms with E-state index in [1.54, 1.807) is 0 Å². The average Bonchev–Trinajstić information content (AvgIpc) is 2.25. The summed E-state index contributed by atoms with van der Waals surface area (Å²) < 4.78 is 6.25. The molecule has 0 saturated carbocycles. The van der Waals surface area contributed by atoms with Gasteiger partial charge in [-0.2, -0.15) is 0 Å². The van der Waals surface area contributed by atoms with Crippen molar-refractivity contribution in [2.75, 3.05) is 6.61 Å². The van der Waals surface area contributed by atoms with Crippen LogP contribution in [0.1, 0.15) is 38.6 Å². The van der Waals surface area contributed by atoms with Crippen molar-refractivity contribution in [1.82, 2.24) is 9.97 Å². The van der Waals surface area contributed by atoms with E-state index < -0.39 is 0 Å². The SMILES string of the molecule is CCCC(OCC)c1nc(Cl)c(I)c(Cl)n1. The molecule has 90 valence electrons. The number of nitrogens with zero attached hydrogens (tertiary/aromatic N) is 2. The molecule has 1 heterocycles. The van der Waals surface area contributed by atoms with Crippen LogP contribution in [-0.2, 0) is 4.74 Å². The van der Waals surface area contributed by atoms with Gasteiger partial charge in [-0.1, -0.05) is 36.5 Å². The quantitative estimate of drug-likeness (QED) is 0.570. The van der Waals surface area contributed by atoms with E-state index in [4.69, 9.17) is 27.9 Å². The molecule has 16 heavy (non-hydrogen) atoms. The summed E-state index contributed by atoms with van der Waals surface area (Å²) in [5, 5.41) is 0.771. The van der Waals surface area contributed by atoms with E-state index in [1.807, 2.05) is 29.5 Å². The fraction of sp³-hybridized carbons (Fsp3) is 0.600. The number of rotatable bonds is 5. The zero-order valence-corrected chi connectivity index (χ0v) is 12.8. The van der Waals surface area contributed by atoms with E-state index in [0.29, 0.717) is 26.3 Å². The Morgan fingerprint density at radius 3 is 2.25 bits per heavy atom. The van der Waals surface area contributed by atoms with Crippen LogP contribution in [-0.4, -0.2) is 16.6 Å². The van der Waals surface area contributed by atoms with E-state index >= 15 is 0 Å². The molecule has 0 radical (unpaired) electrons. The summed E-state index contributed by atoms with van der Waals surface area (Å²) in [4.78, 5) is 8.42. The molecule has 3 nitrogen and oxygen atoms in total. The van der Waals surface area contributed by atoms with E-state index in [2.05, 4.69) is 16.9 Å². The Morgan fingerprint density at radius 1 is 1.25 bits per heavy atom. The summed E-state index contributed by atoms with van der Waals surface area (Å²) in [7, 11) is 0. The highest BCUT2D eigenvalue weighted by molar-refractivity contribution is 14.1. The monoisotopic (exact) mass is 374 g/mol. The molecular weight excluding hydrogens is 362 g/mol. The predicted octanol–water partition coefficient (Wildman–Crippen LogP) is 4.27. The summed E-state index contributed by atoms with van der Waals surface area (Å²) in [5.41, 5.74) is 0. The van der Waals surface area contributed by atoms with E-state index in [0.717, 1.165) is 12.8 Å². The third-order valence-electron chi connectivity index (χ3n) is 1.99. The highest BCUT2D eigenvalue weighted by Crippen LogP contribution is 2.27. The minimum Gasteiger partial charge on any atom is -0.371 e. The minimum atomic E-state index is -0.123. The number of hydrogen-bond donors (Lipinski definition) is 0. The maximum atomic E-state index is 5.96. The molecule has 1 rings (SSSR count). The first kappa shape index (κ1) is 14.4. The van der Waals surface area contributed by atoms with Gasteiger partial charge in [0.2, 0.25) is 0 Å². The van der Waals surface area contributed by atoms with Crippen molar-refractivity contribution in [3.05, 3.63) is 19.7 Å². The molecule has 0 aliphatic rings.